The molecule has 0 fully saturated rings. The topological polar surface area (TPSA) is 0 Å². The van der Waals surface area contributed by atoms with E-state index >= 15 is 0 Å². The van der Waals surface area contributed by atoms with E-state index in [9.17, 15) is 0 Å². The van der Waals surface area contributed by atoms with Gasteiger partial charge in [-0.25, -0.2) is 0 Å². The molecule has 0 aromatic carbocycles. The summed E-state index contributed by atoms with van der Waals surface area (Å²) in [5, 5.41) is 0. The lowest BCUT2D eigenvalue weighted by molar-refractivity contribution is 0.509. The second-order valence-electron chi connectivity index (χ2n) is 3.96. The van der Waals surface area contributed by atoms with Crippen LogP contribution in [0.2, 0.25) is 0 Å². The molecular formula is C13H22. The molecule has 0 N–H and O–H groups in total. The Hall–Kier alpha value is -0.520. The highest BCUT2D eigenvalue weighted by Crippen LogP contribution is 2.26. The van der Waals surface area contributed by atoms with Gasteiger partial charge in [0.25, 0.3) is 0 Å². The first kappa shape index (κ1) is 10.6. The van der Waals surface area contributed by atoms with Crippen LogP contribution in [0.4, 0.5) is 0 Å². The quantitative estimate of drug-likeness (QED) is 0.582. The molecule has 1 aliphatic rings. The molecule has 0 aliphatic heterocycles. The number of hydrogen-bond donors (Lipinski definition) is 0. The van der Waals surface area contributed by atoms with Crippen molar-refractivity contribution >= 4 is 0 Å². The Balaban J connectivity index is 2.51. The number of rotatable bonds is 5. The van der Waals surface area contributed by atoms with E-state index in [4.69, 9.17) is 0 Å². The molecule has 0 atom stereocenters. The van der Waals surface area contributed by atoms with E-state index < -0.39 is 0 Å². The molecule has 1 aliphatic carbocycles. The maximum absolute atomic E-state index is 2.44. The molecule has 0 nitrogen and oxygen atoms in total. The fourth-order valence-corrected chi connectivity index (χ4v) is 2.11. The van der Waals surface area contributed by atoms with Gasteiger partial charge in [-0.1, -0.05) is 44.9 Å². The summed E-state index contributed by atoms with van der Waals surface area (Å²) in [7, 11) is 0. The van der Waals surface area contributed by atoms with E-state index in [2.05, 4.69) is 32.1 Å². The van der Waals surface area contributed by atoms with Crippen LogP contribution in [0.25, 0.3) is 0 Å². The third-order valence-corrected chi connectivity index (χ3v) is 2.77. The van der Waals surface area contributed by atoms with E-state index in [0.29, 0.717) is 0 Å². The van der Waals surface area contributed by atoms with Gasteiger partial charge in [-0.05, 0) is 37.2 Å². The fraction of sp³-hybridized carbons (Fsp3) is 0.692. The summed E-state index contributed by atoms with van der Waals surface area (Å²) in [6.07, 6.45) is 15.0. The number of hydrogen-bond acceptors (Lipinski definition) is 0. The van der Waals surface area contributed by atoms with Crippen molar-refractivity contribution in [2.45, 2.75) is 52.4 Å². The van der Waals surface area contributed by atoms with Gasteiger partial charge < -0.3 is 0 Å². The lowest BCUT2D eigenvalue weighted by atomic mass is 9.87. The zero-order chi connectivity index (χ0) is 9.52. The summed E-state index contributed by atoms with van der Waals surface area (Å²) in [5.74, 6) is 0.839. The zero-order valence-electron chi connectivity index (χ0n) is 9.05. The normalized spacial score (nSPS) is 16.4. The molecule has 1 rings (SSSR count). The van der Waals surface area contributed by atoms with Crippen LogP contribution in [0.5, 0.6) is 0 Å². The van der Waals surface area contributed by atoms with Crippen LogP contribution in [0, 0.1) is 5.92 Å². The molecule has 74 valence electrons. The van der Waals surface area contributed by atoms with Crippen LogP contribution in [-0.2, 0) is 0 Å². The molecular weight excluding hydrogens is 156 g/mol. The van der Waals surface area contributed by atoms with Crippen molar-refractivity contribution in [1.29, 1.82) is 0 Å². The first-order valence-corrected chi connectivity index (χ1v) is 5.75. The molecule has 0 bridgehead atoms. The Morgan fingerprint density at radius 3 is 2.31 bits per heavy atom. The van der Waals surface area contributed by atoms with E-state index in [1.165, 1.54) is 38.5 Å². The molecule has 0 heterocycles. The minimum atomic E-state index is 0.839. The van der Waals surface area contributed by atoms with Gasteiger partial charge in [0, 0.05) is 0 Å². The van der Waals surface area contributed by atoms with Gasteiger partial charge in [0.05, 0.1) is 0 Å². The molecule has 0 heteroatoms. The molecule has 0 aromatic heterocycles. The van der Waals surface area contributed by atoms with Gasteiger partial charge in [-0.2, -0.15) is 0 Å². The number of allylic oxidation sites excluding steroid dienone is 4. The van der Waals surface area contributed by atoms with Crippen LogP contribution in [0.3, 0.4) is 0 Å². The van der Waals surface area contributed by atoms with Crippen LogP contribution < -0.4 is 0 Å². The Labute approximate surface area is 82.7 Å². The maximum atomic E-state index is 2.44. The maximum Gasteiger partial charge on any atom is -0.0165 e. The molecule has 13 heavy (non-hydrogen) atoms. The van der Waals surface area contributed by atoms with Gasteiger partial charge >= 0.3 is 0 Å². The van der Waals surface area contributed by atoms with Crippen molar-refractivity contribution in [2.75, 3.05) is 0 Å². The predicted molar refractivity (Wildman–Crippen MR) is 59.8 cm³/mol. The van der Waals surface area contributed by atoms with E-state index in [0.717, 1.165) is 5.92 Å². The molecule has 0 saturated carbocycles. The minimum absolute atomic E-state index is 0.839. The third-order valence-electron chi connectivity index (χ3n) is 2.77. The van der Waals surface area contributed by atoms with Crippen molar-refractivity contribution in [1.82, 2.24) is 0 Å². The highest BCUT2D eigenvalue weighted by Gasteiger charge is 2.11. The largest absolute Gasteiger partial charge is 0.0840 e. The predicted octanol–water partition coefficient (Wildman–Crippen LogP) is 4.48. The SMILES string of the molecule is CCCC(CCC)C1=CCCC=C1. The molecule has 0 aromatic rings. The minimum Gasteiger partial charge on any atom is -0.0840 e. The Kier molecular flexibility index (Phi) is 4.88. The van der Waals surface area contributed by atoms with Gasteiger partial charge in [-0.3, -0.25) is 0 Å². The lowest BCUT2D eigenvalue weighted by Gasteiger charge is -2.18. The summed E-state index contributed by atoms with van der Waals surface area (Å²) in [5.41, 5.74) is 1.61. The van der Waals surface area contributed by atoms with Crippen molar-refractivity contribution in [3.05, 3.63) is 23.8 Å². The summed E-state index contributed by atoms with van der Waals surface area (Å²) in [6.45, 7) is 4.57. The van der Waals surface area contributed by atoms with Crippen molar-refractivity contribution in [2.24, 2.45) is 5.92 Å². The highest BCUT2D eigenvalue weighted by atomic mass is 14.2. The first-order valence-electron chi connectivity index (χ1n) is 5.75. The van der Waals surface area contributed by atoms with E-state index in [1.54, 1.807) is 5.57 Å². The fourth-order valence-electron chi connectivity index (χ4n) is 2.11. The summed E-state index contributed by atoms with van der Waals surface area (Å²) in [6, 6.07) is 0. The van der Waals surface area contributed by atoms with Crippen LogP contribution in [0.15, 0.2) is 23.8 Å². The average molecular weight is 178 g/mol. The molecule has 0 spiro atoms. The molecule has 0 unspecified atom stereocenters. The van der Waals surface area contributed by atoms with Crippen molar-refractivity contribution in [3.63, 3.8) is 0 Å². The third kappa shape index (κ3) is 3.38. The van der Waals surface area contributed by atoms with Crippen LogP contribution in [-0.4, -0.2) is 0 Å². The lowest BCUT2D eigenvalue weighted by Crippen LogP contribution is -2.03. The second kappa shape index (κ2) is 6.01. The van der Waals surface area contributed by atoms with E-state index in [1.807, 2.05) is 0 Å². The van der Waals surface area contributed by atoms with Crippen LogP contribution >= 0.6 is 0 Å². The molecule has 0 saturated heterocycles. The first-order chi connectivity index (χ1) is 6.38. The summed E-state index contributed by atoms with van der Waals surface area (Å²) >= 11 is 0. The highest BCUT2D eigenvalue weighted by molar-refractivity contribution is 5.24. The molecule has 0 amide bonds. The Morgan fingerprint density at radius 2 is 1.85 bits per heavy atom. The summed E-state index contributed by atoms with van der Waals surface area (Å²) in [4.78, 5) is 0. The van der Waals surface area contributed by atoms with Gasteiger partial charge in [0.2, 0.25) is 0 Å². The monoisotopic (exact) mass is 178 g/mol. The Bertz CT molecular complexity index is 180. The smallest absolute Gasteiger partial charge is 0.0165 e. The van der Waals surface area contributed by atoms with Crippen LogP contribution in [0.1, 0.15) is 52.4 Å². The van der Waals surface area contributed by atoms with Gasteiger partial charge in [0.15, 0.2) is 0 Å². The summed E-state index contributed by atoms with van der Waals surface area (Å²) < 4.78 is 0. The van der Waals surface area contributed by atoms with Gasteiger partial charge in [-0.15, -0.1) is 0 Å². The molecule has 0 radical (unpaired) electrons. The van der Waals surface area contributed by atoms with Gasteiger partial charge in [0.1, 0.15) is 0 Å². The van der Waals surface area contributed by atoms with E-state index in [-0.39, 0.29) is 0 Å². The van der Waals surface area contributed by atoms with Crippen molar-refractivity contribution in [3.8, 4) is 0 Å². The second-order valence-corrected chi connectivity index (χ2v) is 3.96. The zero-order valence-corrected chi connectivity index (χ0v) is 9.05. The Morgan fingerprint density at radius 1 is 1.15 bits per heavy atom. The standard InChI is InChI=1S/C13H22/c1-3-8-12(9-4-2)13-10-6-5-7-11-13/h6,10-12H,3-5,7-9H2,1-2H3. The average Bonchev–Trinajstić information content (AvgIpc) is 2.19. The van der Waals surface area contributed by atoms with Crippen molar-refractivity contribution < 1.29 is 0 Å².